The molecule has 1 amide bonds. The molecule has 0 spiro atoms. The van der Waals surface area contributed by atoms with Gasteiger partial charge in [-0.2, -0.15) is 13.2 Å². The lowest BCUT2D eigenvalue weighted by atomic mass is 9.95. The topological polar surface area (TPSA) is 87.5 Å². The Bertz CT molecular complexity index is 680. The number of hydrogen-bond acceptors (Lipinski definition) is 5. The van der Waals surface area contributed by atoms with Gasteiger partial charge in [-0.3, -0.25) is 14.9 Å². The van der Waals surface area contributed by atoms with Gasteiger partial charge < -0.3 is 15.5 Å². The molecule has 158 valence electrons. The molecule has 0 radical (unpaired) electrons. The van der Waals surface area contributed by atoms with Gasteiger partial charge in [-0.15, -0.1) is 12.4 Å². The Hall–Kier alpha value is -2.07. The van der Waals surface area contributed by atoms with Crippen molar-refractivity contribution in [2.75, 3.05) is 38.1 Å². The first kappa shape index (κ1) is 24.0. The first-order chi connectivity index (χ1) is 12.7. The van der Waals surface area contributed by atoms with Crippen molar-refractivity contribution in [3.05, 3.63) is 33.9 Å². The van der Waals surface area contributed by atoms with Crippen molar-refractivity contribution < 1.29 is 22.9 Å². The van der Waals surface area contributed by atoms with E-state index in [9.17, 15) is 28.1 Å². The third kappa shape index (κ3) is 6.23. The van der Waals surface area contributed by atoms with Gasteiger partial charge in [0, 0.05) is 31.6 Å². The number of nitro benzene ring substituents is 1. The van der Waals surface area contributed by atoms with Gasteiger partial charge in [-0.05, 0) is 45.0 Å². The predicted molar refractivity (Wildman–Crippen MR) is 102 cm³/mol. The maximum atomic E-state index is 12.8. The molecule has 0 aliphatic carbocycles. The van der Waals surface area contributed by atoms with Crippen LogP contribution in [0.15, 0.2) is 18.2 Å². The Labute approximate surface area is 167 Å². The van der Waals surface area contributed by atoms with Crippen LogP contribution in [0.1, 0.15) is 24.8 Å². The lowest BCUT2D eigenvalue weighted by Crippen LogP contribution is -2.41. The minimum atomic E-state index is -4.64. The molecule has 2 N–H and O–H groups in total. The molecule has 1 aliphatic heterocycles. The number of hydrogen-bond donors (Lipinski definition) is 2. The minimum absolute atomic E-state index is 0. The van der Waals surface area contributed by atoms with Crippen LogP contribution in [0.5, 0.6) is 0 Å². The molecule has 1 aromatic rings. The van der Waals surface area contributed by atoms with Gasteiger partial charge in [0.2, 0.25) is 5.91 Å². The summed E-state index contributed by atoms with van der Waals surface area (Å²) in [5, 5.41) is 17.1. The third-order valence-electron chi connectivity index (χ3n) is 4.61. The molecule has 11 heteroatoms. The highest BCUT2D eigenvalue weighted by molar-refractivity contribution is 5.85. The van der Waals surface area contributed by atoms with Crippen LogP contribution in [-0.2, 0) is 11.0 Å². The number of carbonyl (C=O) groups is 1. The molecule has 2 rings (SSSR count). The number of rotatable bonds is 7. The molecule has 1 heterocycles. The first-order valence-electron chi connectivity index (χ1n) is 8.77. The molecule has 0 saturated carbocycles. The summed E-state index contributed by atoms with van der Waals surface area (Å²) in [7, 11) is 1.83. The zero-order valence-electron chi connectivity index (χ0n) is 15.4. The summed E-state index contributed by atoms with van der Waals surface area (Å²) in [6, 6.07) is 2.55. The summed E-state index contributed by atoms with van der Waals surface area (Å²) >= 11 is 0. The van der Waals surface area contributed by atoms with Crippen molar-refractivity contribution in [2.24, 2.45) is 5.92 Å². The Balaban J connectivity index is 0.00000392. The molecule has 28 heavy (non-hydrogen) atoms. The van der Waals surface area contributed by atoms with Gasteiger partial charge in [-0.1, -0.05) is 0 Å². The Kier molecular flexibility index (Phi) is 8.96. The van der Waals surface area contributed by atoms with E-state index in [1.54, 1.807) is 4.90 Å². The van der Waals surface area contributed by atoms with E-state index < -0.39 is 22.4 Å². The number of piperidine rings is 1. The largest absolute Gasteiger partial charge is 0.416 e. The fourth-order valence-corrected chi connectivity index (χ4v) is 3.12. The number of amides is 1. The number of carbonyl (C=O) groups excluding carboxylic acids is 1. The quantitative estimate of drug-likeness (QED) is 0.399. The number of alkyl halides is 3. The Morgan fingerprint density at radius 3 is 2.46 bits per heavy atom. The van der Waals surface area contributed by atoms with Crippen LogP contribution in [0, 0.1) is 16.0 Å². The monoisotopic (exact) mass is 424 g/mol. The number of nitro groups is 1. The molecule has 1 aromatic carbocycles. The van der Waals surface area contributed by atoms with Gasteiger partial charge in [0.15, 0.2) is 0 Å². The fourth-order valence-electron chi connectivity index (χ4n) is 3.12. The fraction of sp³-hybridized carbons (Fsp3) is 0.588. The van der Waals surface area contributed by atoms with Crippen LogP contribution in [-0.4, -0.2) is 44.1 Å². The second-order valence-corrected chi connectivity index (χ2v) is 6.47. The normalized spacial score (nSPS) is 15.1. The molecule has 7 nitrogen and oxygen atoms in total. The highest BCUT2D eigenvalue weighted by Crippen LogP contribution is 2.37. The SMILES string of the molecule is CNCCCNC(=O)C1CCN(c2ccc(C(F)(F)F)cc2[N+](=O)[O-])CC1.Cl. The van der Waals surface area contributed by atoms with E-state index in [0.29, 0.717) is 38.5 Å². The minimum Gasteiger partial charge on any atom is -0.366 e. The second-order valence-electron chi connectivity index (χ2n) is 6.47. The molecule has 0 unspecified atom stereocenters. The van der Waals surface area contributed by atoms with Gasteiger partial charge >= 0.3 is 6.18 Å². The Morgan fingerprint density at radius 1 is 1.29 bits per heavy atom. The number of nitrogens with one attached hydrogen (secondary N) is 2. The molecule has 1 aliphatic rings. The van der Waals surface area contributed by atoms with E-state index in [2.05, 4.69) is 10.6 Å². The number of halogens is 4. The lowest BCUT2D eigenvalue weighted by Gasteiger charge is -2.32. The van der Waals surface area contributed by atoms with Crippen molar-refractivity contribution in [2.45, 2.75) is 25.4 Å². The van der Waals surface area contributed by atoms with Gasteiger partial charge in [0.25, 0.3) is 5.69 Å². The van der Waals surface area contributed by atoms with Crippen molar-refractivity contribution in [1.82, 2.24) is 10.6 Å². The van der Waals surface area contributed by atoms with E-state index in [4.69, 9.17) is 0 Å². The van der Waals surface area contributed by atoms with Crippen LogP contribution in [0.4, 0.5) is 24.5 Å². The van der Waals surface area contributed by atoms with Gasteiger partial charge in [-0.25, -0.2) is 0 Å². The number of anilines is 1. The standard InChI is InChI=1S/C17H23F3N4O3.ClH/c1-21-7-2-8-22-16(25)12-5-9-23(10-6-12)14-4-3-13(17(18,19)20)11-15(14)24(26)27;/h3-4,11-12,21H,2,5-10H2,1H3,(H,22,25);1H. The van der Waals surface area contributed by atoms with E-state index >= 15 is 0 Å². The van der Waals surface area contributed by atoms with Crippen LogP contribution in [0.2, 0.25) is 0 Å². The van der Waals surface area contributed by atoms with Crippen LogP contribution >= 0.6 is 12.4 Å². The zero-order valence-corrected chi connectivity index (χ0v) is 16.2. The molecule has 0 bridgehead atoms. The second kappa shape index (κ2) is 10.5. The van der Waals surface area contributed by atoms with E-state index in [1.165, 1.54) is 0 Å². The molecule has 1 saturated heterocycles. The molecule has 0 aromatic heterocycles. The van der Waals surface area contributed by atoms with Crippen LogP contribution in [0.3, 0.4) is 0 Å². The lowest BCUT2D eigenvalue weighted by molar-refractivity contribution is -0.384. The van der Waals surface area contributed by atoms with Crippen molar-refractivity contribution >= 4 is 29.7 Å². The smallest absolute Gasteiger partial charge is 0.366 e. The summed E-state index contributed by atoms with van der Waals surface area (Å²) in [6.07, 6.45) is -2.83. The molecular formula is C17H24ClF3N4O3. The summed E-state index contributed by atoms with van der Waals surface area (Å²) in [6.45, 7) is 2.13. The average molecular weight is 425 g/mol. The van der Waals surface area contributed by atoms with E-state index in [0.717, 1.165) is 25.1 Å². The molecule has 0 atom stereocenters. The summed E-state index contributed by atoms with van der Waals surface area (Å²) < 4.78 is 38.4. The summed E-state index contributed by atoms with van der Waals surface area (Å²) in [4.78, 5) is 24.3. The predicted octanol–water partition coefficient (Wildman–Crippen LogP) is 2.98. The zero-order chi connectivity index (χ0) is 20.0. The Morgan fingerprint density at radius 2 is 1.93 bits per heavy atom. The van der Waals surface area contributed by atoms with Crippen LogP contribution in [0.25, 0.3) is 0 Å². The van der Waals surface area contributed by atoms with Crippen molar-refractivity contribution in [3.8, 4) is 0 Å². The van der Waals surface area contributed by atoms with Gasteiger partial charge in [0.05, 0.1) is 10.5 Å². The highest BCUT2D eigenvalue weighted by Gasteiger charge is 2.34. The van der Waals surface area contributed by atoms with Crippen molar-refractivity contribution in [1.29, 1.82) is 0 Å². The van der Waals surface area contributed by atoms with E-state index in [-0.39, 0.29) is 29.9 Å². The summed E-state index contributed by atoms with van der Waals surface area (Å²) in [5.74, 6) is -0.239. The van der Waals surface area contributed by atoms with Gasteiger partial charge in [0.1, 0.15) is 5.69 Å². The summed E-state index contributed by atoms with van der Waals surface area (Å²) in [5.41, 5.74) is -1.46. The van der Waals surface area contributed by atoms with Crippen molar-refractivity contribution in [3.63, 3.8) is 0 Å². The maximum Gasteiger partial charge on any atom is 0.416 e. The molecular weight excluding hydrogens is 401 g/mol. The van der Waals surface area contributed by atoms with E-state index in [1.807, 2.05) is 7.05 Å². The van der Waals surface area contributed by atoms with Crippen LogP contribution < -0.4 is 15.5 Å². The number of benzene rings is 1. The average Bonchev–Trinajstić information content (AvgIpc) is 2.64. The molecule has 1 fully saturated rings. The maximum absolute atomic E-state index is 12.8. The first-order valence-corrected chi connectivity index (χ1v) is 8.77. The highest BCUT2D eigenvalue weighted by atomic mass is 35.5. The number of nitrogens with zero attached hydrogens (tertiary/aromatic N) is 2. The third-order valence-corrected chi connectivity index (χ3v) is 4.61.